The first-order valence-corrected chi connectivity index (χ1v) is 10.2. The summed E-state index contributed by atoms with van der Waals surface area (Å²) in [5, 5.41) is 0. The molecule has 0 saturated carbocycles. The van der Waals surface area contributed by atoms with Gasteiger partial charge in [0.05, 0.1) is 11.9 Å². The zero-order valence-electron chi connectivity index (χ0n) is 14.7. The van der Waals surface area contributed by atoms with E-state index >= 15 is 0 Å². The first-order valence-electron chi connectivity index (χ1n) is 8.58. The molecular formula is C19H23FN2O3S. The first kappa shape index (κ1) is 18.7. The van der Waals surface area contributed by atoms with E-state index in [2.05, 4.69) is 9.62 Å². The van der Waals surface area contributed by atoms with Gasteiger partial charge in [0.2, 0.25) is 10.0 Å². The molecule has 0 spiro atoms. The molecule has 0 aromatic heterocycles. The molecule has 1 saturated heterocycles. The molecule has 1 aliphatic rings. The molecular weight excluding hydrogens is 355 g/mol. The van der Waals surface area contributed by atoms with Crippen LogP contribution < -0.4 is 9.62 Å². The zero-order chi connectivity index (χ0) is 18.6. The molecule has 0 amide bonds. The second-order valence-electron chi connectivity index (χ2n) is 6.46. The summed E-state index contributed by atoms with van der Waals surface area (Å²) in [7, 11) is -1.86. The van der Waals surface area contributed by atoms with Crippen molar-refractivity contribution in [2.24, 2.45) is 0 Å². The van der Waals surface area contributed by atoms with E-state index in [-0.39, 0.29) is 5.75 Å². The second-order valence-corrected chi connectivity index (χ2v) is 8.18. The number of methoxy groups -OCH3 is 1. The van der Waals surface area contributed by atoms with Crippen molar-refractivity contribution < 1.29 is 17.5 Å². The van der Waals surface area contributed by atoms with Gasteiger partial charge in [-0.2, -0.15) is 0 Å². The number of nitrogens with zero attached hydrogens (tertiary/aromatic N) is 1. The van der Waals surface area contributed by atoms with Gasteiger partial charge in [0.25, 0.3) is 0 Å². The molecule has 1 N–H and O–H groups in total. The number of halogens is 1. The van der Waals surface area contributed by atoms with E-state index in [0.29, 0.717) is 17.4 Å². The molecule has 0 bridgehead atoms. The Hall–Kier alpha value is -2.12. The van der Waals surface area contributed by atoms with Crippen LogP contribution in [0.25, 0.3) is 0 Å². The average Bonchev–Trinajstić information content (AvgIpc) is 2.62. The van der Waals surface area contributed by atoms with Crippen LogP contribution in [0.1, 0.15) is 18.4 Å². The first-order chi connectivity index (χ1) is 12.4. The highest BCUT2D eigenvalue weighted by atomic mass is 32.2. The van der Waals surface area contributed by atoms with Crippen LogP contribution in [-0.2, 0) is 20.5 Å². The number of ether oxygens (including phenoxy) is 1. The lowest BCUT2D eigenvalue weighted by Gasteiger charge is -2.33. The Morgan fingerprint density at radius 3 is 2.46 bits per heavy atom. The second kappa shape index (κ2) is 8.05. The van der Waals surface area contributed by atoms with Crippen LogP contribution in [0.2, 0.25) is 0 Å². The minimum Gasteiger partial charge on any atom is -0.381 e. The monoisotopic (exact) mass is 378 g/mol. The Kier molecular flexibility index (Phi) is 5.78. The Labute approximate surface area is 153 Å². The summed E-state index contributed by atoms with van der Waals surface area (Å²) in [5.41, 5.74) is 1.97. The van der Waals surface area contributed by atoms with Gasteiger partial charge in [-0.15, -0.1) is 0 Å². The lowest BCUT2D eigenvalue weighted by molar-refractivity contribution is 0.0819. The Bertz CT molecular complexity index is 832. The number of anilines is 2. The average molecular weight is 378 g/mol. The molecule has 5 nitrogen and oxygen atoms in total. The quantitative estimate of drug-likeness (QED) is 0.837. The number of hydrogen-bond donors (Lipinski definition) is 1. The highest BCUT2D eigenvalue weighted by Crippen LogP contribution is 2.23. The smallest absolute Gasteiger partial charge is 0.236 e. The third-order valence-corrected chi connectivity index (χ3v) is 5.79. The molecule has 0 atom stereocenters. The highest BCUT2D eigenvalue weighted by Gasteiger charge is 2.19. The maximum atomic E-state index is 13.2. The van der Waals surface area contributed by atoms with E-state index in [9.17, 15) is 12.8 Å². The van der Waals surface area contributed by atoms with Gasteiger partial charge in [-0.05, 0) is 54.8 Å². The van der Waals surface area contributed by atoms with Crippen molar-refractivity contribution in [2.75, 3.05) is 29.8 Å². The SMILES string of the molecule is COC1CCN(c2ccc(NS(=O)(=O)Cc3cccc(F)c3)cc2)CC1. The fraction of sp³-hybridized carbons (Fsp3) is 0.368. The van der Waals surface area contributed by atoms with Gasteiger partial charge in [-0.1, -0.05) is 12.1 Å². The summed E-state index contributed by atoms with van der Waals surface area (Å²) in [6, 6.07) is 12.9. The van der Waals surface area contributed by atoms with Crippen LogP contribution in [-0.4, -0.2) is 34.7 Å². The third-order valence-electron chi connectivity index (χ3n) is 4.53. The topological polar surface area (TPSA) is 58.6 Å². The number of piperidine rings is 1. The molecule has 7 heteroatoms. The standard InChI is InChI=1S/C19H23FN2O3S/c1-25-19-9-11-22(12-10-19)18-7-5-17(6-8-18)21-26(23,24)14-15-3-2-4-16(20)13-15/h2-8,13,19,21H,9-12,14H2,1H3. The summed E-state index contributed by atoms with van der Waals surface area (Å²) < 4.78 is 45.7. The summed E-state index contributed by atoms with van der Waals surface area (Å²) in [4.78, 5) is 2.26. The molecule has 2 aromatic carbocycles. The number of hydrogen-bond acceptors (Lipinski definition) is 4. The summed E-state index contributed by atoms with van der Waals surface area (Å²) in [6.45, 7) is 1.84. The van der Waals surface area contributed by atoms with Crippen molar-refractivity contribution in [1.82, 2.24) is 0 Å². The molecule has 2 aromatic rings. The van der Waals surface area contributed by atoms with Crippen molar-refractivity contribution in [1.29, 1.82) is 0 Å². The minimum absolute atomic E-state index is 0.267. The van der Waals surface area contributed by atoms with Gasteiger partial charge in [0.1, 0.15) is 5.82 Å². The molecule has 3 rings (SSSR count). The lowest BCUT2D eigenvalue weighted by Crippen LogP contribution is -2.36. The van der Waals surface area contributed by atoms with Gasteiger partial charge in [0.15, 0.2) is 0 Å². The Morgan fingerprint density at radius 2 is 1.85 bits per heavy atom. The van der Waals surface area contributed by atoms with E-state index in [4.69, 9.17) is 4.74 Å². The van der Waals surface area contributed by atoms with Crippen molar-refractivity contribution in [3.63, 3.8) is 0 Å². The van der Waals surface area contributed by atoms with Crippen molar-refractivity contribution in [3.05, 3.63) is 59.9 Å². The van der Waals surface area contributed by atoms with Crippen LogP contribution in [0.5, 0.6) is 0 Å². The lowest BCUT2D eigenvalue weighted by atomic mass is 10.1. The fourth-order valence-electron chi connectivity index (χ4n) is 3.15. The molecule has 140 valence electrons. The van der Waals surface area contributed by atoms with E-state index in [1.54, 1.807) is 25.3 Å². The summed E-state index contributed by atoms with van der Waals surface area (Å²) in [6.07, 6.45) is 2.29. The van der Waals surface area contributed by atoms with Gasteiger partial charge >= 0.3 is 0 Å². The Morgan fingerprint density at radius 1 is 1.15 bits per heavy atom. The number of rotatable bonds is 6. The van der Waals surface area contributed by atoms with Gasteiger partial charge in [0, 0.05) is 31.6 Å². The van der Waals surface area contributed by atoms with Crippen LogP contribution in [0.3, 0.4) is 0 Å². The number of benzene rings is 2. The molecule has 0 radical (unpaired) electrons. The van der Waals surface area contributed by atoms with Crippen LogP contribution >= 0.6 is 0 Å². The van der Waals surface area contributed by atoms with Crippen molar-refractivity contribution >= 4 is 21.4 Å². The zero-order valence-corrected chi connectivity index (χ0v) is 15.5. The maximum absolute atomic E-state index is 13.2. The molecule has 0 aliphatic carbocycles. The van der Waals surface area contributed by atoms with Crippen molar-refractivity contribution in [3.8, 4) is 0 Å². The van der Waals surface area contributed by atoms with E-state index in [1.165, 1.54) is 18.2 Å². The normalized spacial score (nSPS) is 15.8. The van der Waals surface area contributed by atoms with Gasteiger partial charge < -0.3 is 9.64 Å². The molecule has 0 unspecified atom stereocenters. The van der Waals surface area contributed by atoms with E-state index < -0.39 is 15.8 Å². The van der Waals surface area contributed by atoms with Crippen molar-refractivity contribution in [2.45, 2.75) is 24.7 Å². The maximum Gasteiger partial charge on any atom is 0.236 e. The summed E-state index contributed by atoms with van der Waals surface area (Å²) in [5.74, 6) is -0.712. The molecule has 1 aliphatic heterocycles. The molecule has 1 fully saturated rings. The summed E-state index contributed by atoms with van der Waals surface area (Å²) >= 11 is 0. The number of sulfonamides is 1. The van der Waals surface area contributed by atoms with Gasteiger partial charge in [-0.3, -0.25) is 4.72 Å². The Balaban J connectivity index is 1.61. The largest absolute Gasteiger partial charge is 0.381 e. The van der Waals surface area contributed by atoms with Crippen LogP contribution in [0, 0.1) is 5.82 Å². The third kappa shape index (κ3) is 4.95. The van der Waals surface area contributed by atoms with E-state index in [0.717, 1.165) is 31.6 Å². The molecule has 26 heavy (non-hydrogen) atoms. The molecule has 1 heterocycles. The van der Waals surface area contributed by atoms with Gasteiger partial charge in [-0.25, -0.2) is 12.8 Å². The highest BCUT2D eigenvalue weighted by molar-refractivity contribution is 7.91. The number of nitrogens with one attached hydrogen (secondary N) is 1. The van der Waals surface area contributed by atoms with Crippen LogP contribution in [0.4, 0.5) is 15.8 Å². The van der Waals surface area contributed by atoms with E-state index in [1.807, 2.05) is 12.1 Å². The van der Waals surface area contributed by atoms with Crippen LogP contribution in [0.15, 0.2) is 48.5 Å². The minimum atomic E-state index is -3.60. The predicted molar refractivity (Wildman–Crippen MR) is 101 cm³/mol. The predicted octanol–water partition coefficient (Wildman–Crippen LogP) is 3.38. The fourth-order valence-corrected chi connectivity index (χ4v) is 4.34.